The van der Waals surface area contributed by atoms with Gasteiger partial charge in [-0.25, -0.2) is 4.39 Å². The number of hydrogen-bond acceptors (Lipinski definition) is 3. The molecular formula is C30H29ClFN5OS. The Balaban J connectivity index is 1.50. The van der Waals surface area contributed by atoms with Crippen molar-refractivity contribution in [3.05, 3.63) is 112 Å². The summed E-state index contributed by atoms with van der Waals surface area (Å²) in [5.74, 6) is -0.760. The summed E-state index contributed by atoms with van der Waals surface area (Å²) in [6, 6.07) is 19.5. The SMILES string of the molecule is Cc1ccc(Cl)cc1-n1c(C)cc([C@@H]2[C@H](c3ccccn3)NC(=S)N2CCC(=O)Nc2ccccc2F)c1C. The van der Waals surface area contributed by atoms with Crippen molar-refractivity contribution in [1.29, 1.82) is 0 Å². The zero-order valence-corrected chi connectivity index (χ0v) is 23.5. The van der Waals surface area contributed by atoms with E-state index in [4.69, 9.17) is 23.8 Å². The molecule has 0 aliphatic carbocycles. The molecule has 1 saturated heterocycles. The van der Waals surface area contributed by atoms with Gasteiger partial charge in [0.15, 0.2) is 5.11 Å². The Hall–Kier alpha value is -3.75. The quantitative estimate of drug-likeness (QED) is 0.249. The summed E-state index contributed by atoms with van der Waals surface area (Å²) in [4.78, 5) is 19.5. The average molecular weight is 562 g/mol. The highest BCUT2D eigenvalue weighted by molar-refractivity contribution is 7.80. The van der Waals surface area contributed by atoms with E-state index in [0.717, 1.165) is 33.9 Å². The number of thiocarbonyl (C=S) groups is 1. The molecule has 0 spiro atoms. The number of halogens is 2. The summed E-state index contributed by atoms with van der Waals surface area (Å²) in [5, 5.41) is 7.32. The van der Waals surface area contributed by atoms with Crippen LogP contribution in [0.1, 0.15) is 46.7 Å². The molecule has 4 aromatic rings. The number of amides is 1. The van der Waals surface area contributed by atoms with Crippen LogP contribution in [0.15, 0.2) is 72.9 Å². The van der Waals surface area contributed by atoms with E-state index >= 15 is 0 Å². The third kappa shape index (κ3) is 5.40. The first-order valence-electron chi connectivity index (χ1n) is 12.7. The fraction of sp³-hybridized carbons (Fsp3) is 0.233. The first kappa shape index (κ1) is 26.8. The van der Waals surface area contributed by atoms with Crippen LogP contribution in [0.4, 0.5) is 10.1 Å². The van der Waals surface area contributed by atoms with Crippen LogP contribution in [0.3, 0.4) is 0 Å². The number of aryl methyl sites for hydroxylation is 2. The van der Waals surface area contributed by atoms with Crippen molar-refractivity contribution in [3.8, 4) is 5.69 Å². The van der Waals surface area contributed by atoms with Crippen molar-refractivity contribution in [2.24, 2.45) is 0 Å². The minimum atomic E-state index is -0.471. The zero-order chi connectivity index (χ0) is 27.7. The van der Waals surface area contributed by atoms with Gasteiger partial charge in [0.1, 0.15) is 5.82 Å². The number of aromatic nitrogens is 2. The molecule has 1 aliphatic heterocycles. The van der Waals surface area contributed by atoms with Gasteiger partial charge in [0.2, 0.25) is 5.91 Å². The lowest BCUT2D eigenvalue weighted by molar-refractivity contribution is -0.116. The third-order valence-corrected chi connectivity index (χ3v) is 7.71. The lowest BCUT2D eigenvalue weighted by Crippen LogP contribution is -2.33. The predicted molar refractivity (Wildman–Crippen MR) is 157 cm³/mol. The Labute approximate surface area is 237 Å². The van der Waals surface area contributed by atoms with Crippen molar-refractivity contribution in [2.75, 3.05) is 11.9 Å². The van der Waals surface area contributed by atoms with E-state index in [1.165, 1.54) is 6.07 Å². The Morgan fingerprint density at radius 3 is 2.62 bits per heavy atom. The van der Waals surface area contributed by atoms with Crippen LogP contribution in [0, 0.1) is 26.6 Å². The lowest BCUT2D eigenvalue weighted by atomic mass is 9.96. The standard InChI is InChI=1S/C30H29ClFN5OS/c1-18-11-12-21(31)17-26(18)37-19(2)16-22(20(37)3)29-28(25-10-6-7-14-33-25)35-30(39)36(29)15-13-27(38)34-24-9-5-4-8-23(24)32/h4-12,14,16-17,28-29H,13,15H2,1-3H3,(H,34,38)(H,35,39)/t28-,29+/m0/s1. The summed E-state index contributed by atoms with van der Waals surface area (Å²) < 4.78 is 16.3. The molecule has 2 N–H and O–H groups in total. The van der Waals surface area contributed by atoms with Gasteiger partial charge in [-0.1, -0.05) is 35.9 Å². The molecular weight excluding hydrogens is 533 g/mol. The Morgan fingerprint density at radius 2 is 1.87 bits per heavy atom. The van der Waals surface area contributed by atoms with Gasteiger partial charge in [-0.15, -0.1) is 0 Å². The van der Waals surface area contributed by atoms with Crippen molar-refractivity contribution in [3.63, 3.8) is 0 Å². The molecule has 2 aromatic heterocycles. The molecule has 2 aromatic carbocycles. The van der Waals surface area contributed by atoms with Gasteiger partial charge in [-0.05, 0) is 86.6 Å². The van der Waals surface area contributed by atoms with Gasteiger partial charge >= 0.3 is 0 Å². The number of anilines is 1. The molecule has 1 amide bonds. The Morgan fingerprint density at radius 1 is 1.10 bits per heavy atom. The zero-order valence-electron chi connectivity index (χ0n) is 21.9. The summed E-state index contributed by atoms with van der Waals surface area (Å²) in [7, 11) is 0. The highest BCUT2D eigenvalue weighted by Gasteiger charge is 2.41. The molecule has 0 unspecified atom stereocenters. The molecule has 5 rings (SSSR count). The van der Waals surface area contributed by atoms with Crippen LogP contribution < -0.4 is 10.6 Å². The van der Waals surface area contributed by atoms with Gasteiger partial charge in [0, 0.05) is 41.3 Å². The van der Waals surface area contributed by atoms with Crippen LogP contribution in [-0.2, 0) is 4.79 Å². The molecule has 6 nitrogen and oxygen atoms in total. The van der Waals surface area contributed by atoms with Crippen molar-refractivity contribution < 1.29 is 9.18 Å². The number of nitrogens with one attached hydrogen (secondary N) is 2. The first-order valence-corrected chi connectivity index (χ1v) is 13.5. The van der Waals surface area contributed by atoms with Crippen LogP contribution in [-0.4, -0.2) is 32.0 Å². The number of benzene rings is 2. The molecule has 9 heteroatoms. The van der Waals surface area contributed by atoms with E-state index in [0.29, 0.717) is 16.7 Å². The maximum atomic E-state index is 14.1. The normalized spacial score (nSPS) is 16.8. The van der Waals surface area contributed by atoms with E-state index in [2.05, 4.69) is 47.0 Å². The topological polar surface area (TPSA) is 62.2 Å². The monoisotopic (exact) mass is 561 g/mol. The number of pyridine rings is 1. The third-order valence-electron chi connectivity index (χ3n) is 7.13. The Bertz CT molecular complexity index is 1540. The maximum Gasteiger partial charge on any atom is 0.226 e. The van der Waals surface area contributed by atoms with Gasteiger partial charge < -0.3 is 20.1 Å². The molecule has 200 valence electrons. The number of nitrogens with zero attached hydrogens (tertiary/aromatic N) is 3. The van der Waals surface area contributed by atoms with E-state index in [1.807, 2.05) is 41.3 Å². The maximum absolute atomic E-state index is 14.1. The lowest BCUT2D eigenvalue weighted by Gasteiger charge is -2.28. The van der Waals surface area contributed by atoms with Crippen molar-refractivity contribution >= 4 is 40.5 Å². The molecule has 39 heavy (non-hydrogen) atoms. The van der Waals surface area contributed by atoms with Crippen LogP contribution >= 0.6 is 23.8 Å². The predicted octanol–water partition coefficient (Wildman–Crippen LogP) is 6.59. The minimum Gasteiger partial charge on any atom is -0.352 e. The van der Waals surface area contributed by atoms with Gasteiger partial charge in [0.25, 0.3) is 0 Å². The summed E-state index contributed by atoms with van der Waals surface area (Å²) in [6.45, 7) is 6.57. The summed E-state index contributed by atoms with van der Waals surface area (Å²) in [6.07, 6.45) is 1.90. The smallest absolute Gasteiger partial charge is 0.226 e. The molecule has 0 saturated carbocycles. The number of rotatable bonds is 7. The van der Waals surface area contributed by atoms with Gasteiger partial charge in [-0.2, -0.15) is 0 Å². The van der Waals surface area contributed by atoms with Crippen LogP contribution in [0.2, 0.25) is 5.02 Å². The molecule has 1 aliphatic rings. The highest BCUT2D eigenvalue weighted by Crippen LogP contribution is 2.41. The Kier molecular flexibility index (Phi) is 7.68. The van der Waals surface area contributed by atoms with Crippen LogP contribution in [0.25, 0.3) is 5.69 Å². The van der Waals surface area contributed by atoms with Crippen molar-refractivity contribution in [2.45, 2.75) is 39.3 Å². The molecule has 0 bridgehead atoms. The number of carbonyl (C=O) groups is 1. The van der Waals surface area contributed by atoms with Gasteiger partial charge in [-0.3, -0.25) is 9.78 Å². The summed E-state index contributed by atoms with van der Waals surface area (Å²) in [5.41, 5.74) is 6.32. The number of hydrogen-bond donors (Lipinski definition) is 2. The second-order valence-electron chi connectivity index (χ2n) is 9.69. The van der Waals surface area contributed by atoms with E-state index in [-0.39, 0.29) is 30.1 Å². The summed E-state index contributed by atoms with van der Waals surface area (Å²) >= 11 is 12.2. The average Bonchev–Trinajstić information content (AvgIpc) is 3.40. The highest BCUT2D eigenvalue weighted by atomic mass is 35.5. The second-order valence-corrected chi connectivity index (χ2v) is 10.5. The van der Waals surface area contributed by atoms with E-state index in [1.54, 1.807) is 24.4 Å². The number of para-hydroxylation sites is 1. The fourth-order valence-electron chi connectivity index (χ4n) is 5.26. The molecule has 0 radical (unpaired) electrons. The van der Waals surface area contributed by atoms with E-state index in [9.17, 15) is 9.18 Å². The largest absolute Gasteiger partial charge is 0.352 e. The fourth-order valence-corrected chi connectivity index (χ4v) is 5.76. The number of carbonyl (C=O) groups excluding carboxylic acids is 1. The van der Waals surface area contributed by atoms with Crippen molar-refractivity contribution in [1.82, 2.24) is 19.8 Å². The van der Waals surface area contributed by atoms with Gasteiger partial charge in [0.05, 0.1) is 23.5 Å². The van der Waals surface area contributed by atoms with E-state index < -0.39 is 5.82 Å². The minimum absolute atomic E-state index is 0.133. The second kappa shape index (κ2) is 11.2. The molecule has 2 atom stereocenters. The first-order chi connectivity index (χ1) is 18.7. The molecule has 1 fully saturated rings. The molecule has 3 heterocycles. The van der Waals surface area contributed by atoms with Crippen LogP contribution in [0.5, 0.6) is 0 Å².